The van der Waals surface area contributed by atoms with E-state index in [1.807, 2.05) is 0 Å². The lowest BCUT2D eigenvalue weighted by atomic mass is 10.2. The summed E-state index contributed by atoms with van der Waals surface area (Å²) in [6.45, 7) is 0. The van der Waals surface area contributed by atoms with E-state index in [0.29, 0.717) is 11.2 Å². The van der Waals surface area contributed by atoms with E-state index < -0.39 is 22.5 Å². The van der Waals surface area contributed by atoms with E-state index in [9.17, 15) is 23.7 Å². The lowest BCUT2D eigenvalue weighted by molar-refractivity contribution is -0.387. The number of carbonyl (C=O) groups excluding carboxylic acids is 1. The fourth-order valence-corrected chi connectivity index (χ4v) is 2.99. The largest absolute Gasteiger partial charge is 0.319 e. The van der Waals surface area contributed by atoms with Crippen molar-refractivity contribution < 1.29 is 18.5 Å². The summed E-state index contributed by atoms with van der Waals surface area (Å²) >= 11 is 1.02. The number of nitro groups is 1. The van der Waals surface area contributed by atoms with Gasteiger partial charge < -0.3 is 9.88 Å². The number of halogens is 2. The quantitative estimate of drug-likeness (QED) is 0.528. The molecule has 3 aromatic rings. The third kappa shape index (κ3) is 4.08. The predicted molar refractivity (Wildman–Crippen MR) is 92.5 cm³/mol. The number of anilines is 1. The van der Waals surface area contributed by atoms with Crippen molar-refractivity contribution in [1.82, 2.24) is 14.8 Å². The van der Waals surface area contributed by atoms with Gasteiger partial charge in [-0.05, 0) is 36.0 Å². The number of nitrogens with one attached hydrogen (secondary N) is 1. The highest BCUT2D eigenvalue weighted by Crippen LogP contribution is 2.34. The highest BCUT2D eigenvalue weighted by molar-refractivity contribution is 7.99. The number of benzene rings is 2. The molecule has 27 heavy (non-hydrogen) atoms. The van der Waals surface area contributed by atoms with E-state index >= 15 is 0 Å². The maximum absolute atomic E-state index is 13.7. The summed E-state index contributed by atoms with van der Waals surface area (Å²) in [5.41, 5.74) is -0.593. The molecule has 0 fully saturated rings. The summed E-state index contributed by atoms with van der Waals surface area (Å²) in [5, 5.41) is 21.6. The van der Waals surface area contributed by atoms with Crippen molar-refractivity contribution in [3.05, 3.63) is 70.0 Å². The number of carbonyl (C=O) groups is 1. The monoisotopic (exact) mass is 391 g/mol. The zero-order chi connectivity index (χ0) is 19.6. The molecule has 1 amide bonds. The Balaban J connectivity index is 1.88. The molecule has 0 atom stereocenters. The summed E-state index contributed by atoms with van der Waals surface area (Å²) in [6, 6.07) is 6.51. The van der Waals surface area contributed by atoms with E-state index in [1.165, 1.54) is 18.5 Å². The topological polar surface area (TPSA) is 103 Å². The molecule has 0 radical (unpaired) electrons. The van der Waals surface area contributed by atoms with Crippen LogP contribution in [0.2, 0.25) is 0 Å². The standard InChI is InChI=1S/C16H11F2N5O3S/c1-22-8-19-21-16(22)27-14-5-2-9(6-13(14)23(25)26)15(24)20-12-4-3-10(17)7-11(12)18/h2-8H,1H3,(H,20,24). The Morgan fingerprint density at radius 1 is 1.26 bits per heavy atom. The number of rotatable bonds is 5. The fraction of sp³-hybridized carbons (Fsp3) is 0.0625. The lowest BCUT2D eigenvalue weighted by Gasteiger charge is -2.08. The molecule has 3 rings (SSSR count). The van der Waals surface area contributed by atoms with Crippen LogP contribution in [0, 0.1) is 21.7 Å². The van der Waals surface area contributed by atoms with Gasteiger partial charge in [0.1, 0.15) is 18.0 Å². The first-order valence-corrected chi connectivity index (χ1v) is 8.23. The van der Waals surface area contributed by atoms with E-state index in [1.54, 1.807) is 11.6 Å². The number of nitrogens with zero attached hydrogens (tertiary/aromatic N) is 4. The van der Waals surface area contributed by atoms with Gasteiger partial charge in [0.25, 0.3) is 11.6 Å². The van der Waals surface area contributed by atoms with Gasteiger partial charge >= 0.3 is 0 Å². The van der Waals surface area contributed by atoms with Crippen LogP contribution in [0.5, 0.6) is 0 Å². The molecule has 138 valence electrons. The zero-order valence-electron chi connectivity index (χ0n) is 13.7. The van der Waals surface area contributed by atoms with Crippen molar-refractivity contribution in [3.63, 3.8) is 0 Å². The highest BCUT2D eigenvalue weighted by Gasteiger charge is 2.20. The molecule has 2 aromatic carbocycles. The smallest absolute Gasteiger partial charge is 0.284 e. The average Bonchev–Trinajstić information content (AvgIpc) is 3.02. The van der Waals surface area contributed by atoms with Crippen LogP contribution < -0.4 is 5.32 Å². The van der Waals surface area contributed by atoms with Crippen LogP contribution >= 0.6 is 11.8 Å². The number of aryl methyl sites for hydroxylation is 1. The van der Waals surface area contributed by atoms with Gasteiger partial charge in [-0.15, -0.1) is 10.2 Å². The Morgan fingerprint density at radius 3 is 2.67 bits per heavy atom. The van der Waals surface area contributed by atoms with Gasteiger partial charge in [0, 0.05) is 24.7 Å². The Hall–Kier alpha value is -3.34. The minimum Gasteiger partial charge on any atom is -0.319 e. The van der Waals surface area contributed by atoms with Crippen molar-refractivity contribution in [2.45, 2.75) is 10.1 Å². The maximum Gasteiger partial charge on any atom is 0.284 e. The Morgan fingerprint density at radius 2 is 2.04 bits per heavy atom. The van der Waals surface area contributed by atoms with Gasteiger partial charge in [0.2, 0.25) is 0 Å². The first-order valence-electron chi connectivity index (χ1n) is 7.42. The number of nitro benzene ring substituents is 1. The average molecular weight is 391 g/mol. The summed E-state index contributed by atoms with van der Waals surface area (Å²) in [6.07, 6.45) is 1.45. The molecule has 0 aliphatic heterocycles. The van der Waals surface area contributed by atoms with Gasteiger partial charge in [-0.2, -0.15) is 0 Å². The third-order valence-corrected chi connectivity index (χ3v) is 4.59. The molecule has 0 aliphatic rings. The summed E-state index contributed by atoms with van der Waals surface area (Å²) in [7, 11) is 1.69. The van der Waals surface area contributed by atoms with Crippen LogP contribution in [0.4, 0.5) is 20.2 Å². The Labute approximate surface area is 155 Å². The molecule has 0 spiro atoms. The summed E-state index contributed by atoms with van der Waals surface area (Å²) in [4.78, 5) is 23.3. The van der Waals surface area contributed by atoms with Crippen molar-refractivity contribution >= 4 is 29.0 Å². The van der Waals surface area contributed by atoms with Crippen molar-refractivity contribution in [1.29, 1.82) is 0 Å². The van der Waals surface area contributed by atoms with Gasteiger partial charge in [0.15, 0.2) is 5.16 Å². The molecule has 1 heterocycles. The molecule has 0 saturated heterocycles. The molecule has 0 saturated carbocycles. The van der Waals surface area contributed by atoms with Crippen LogP contribution in [-0.2, 0) is 7.05 Å². The minimum absolute atomic E-state index is 0.0484. The summed E-state index contributed by atoms with van der Waals surface area (Å²) < 4.78 is 28.2. The number of hydrogen-bond acceptors (Lipinski definition) is 6. The van der Waals surface area contributed by atoms with Crippen molar-refractivity contribution in [3.8, 4) is 0 Å². The van der Waals surface area contributed by atoms with Crippen LogP contribution in [0.25, 0.3) is 0 Å². The van der Waals surface area contributed by atoms with Crippen LogP contribution in [0.3, 0.4) is 0 Å². The van der Waals surface area contributed by atoms with E-state index in [-0.39, 0.29) is 21.8 Å². The molecular formula is C16H11F2N5O3S. The van der Waals surface area contributed by atoms with E-state index in [4.69, 9.17) is 0 Å². The zero-order valence-corrected chi connectivity index (χ0v) is 14.5. The number of aromatic nitrogens is 3. The third-order valence-electron chi connectivity index (χ3n) is 3.47. The van der Waals surface area contributed by atoms with Gasteiger partial charge in [-0.25, -0.2) is 8.78 Å². The molecule has 0 aliphatic carbocycles. The SMILES string of the molecule is Cn1cnnc1Sc1ccc(C(=O)Nc2ccc(F)cc2F)cc1[N+](=O)[O-]. The Bertz CT molecular complexity index is 1040. The molecular weight excluding hydrogens is 380 g/mol. The number of hydrogen-bond donors (Lipinski definition) is 1. The van der Waals surface area contributed by atoms with Crippen LogP contribution in [0.1, 0.15) is 10.4 Å². The molecule has 1 N–H and O–H groups in total. The highest BCUT2D eigenvalue weighted by atomic mass is 32.2. The van der Waals surface area contributed by atoms with Gasteiger partial charge in [-0.1, -0.05) is 0 Å². The van der Waals surface area contributed by atoms with E-state index in [2.05, 4.69) is 15.5 Å². The van der Waals surface area contributed by atoms with Crippen molar-refractivity contribution in [2.24, 2.45) is 7.05 Å². The predicted octanol–water partition coefficient (Wildman–Crippen LogP) is 3.41. The van der Waals surface area contributed by atoms with Crippen molar-refractivity contribution in [2.75, 3.05) is 5.32 Å². The number of amides is 1. The summed E-state index contributed by atoms with van der Waals surface area (Å²) in [5.74, 6) is -2.50. The van der Waals surface area contributed by atoms with Crippen LogP contribution in [-0.4, -0.2) is 25.6 Å². The molecule has 11 heteroatoms. The minimum atomic E-state index is -0.952. The van der Waals surface area contributed by atoms with Gasteiger partial charge in [0.05, 0.1) is 15.5 Å². The molecule has 8 nitrogen and oxygen atoms in total. The fourth-order valence-electron chi connectivity index (χ4n) is 2.14. The second-order valence-corrected chi connectivity index (χ2v) is 6.35. The first-order chi connectivity index (χ1) is 12.8. The molecule has 0 bridgehead atoms. The molecule has 0 unspecified atom stereocenters. The van der Waals surface area contributed by atoms with E-state index in [0.717, 1.165) is 30.0 Å². The van der Waals surface area contributed by atoms with Crippen LogP contribution in [0.15, 0.2) is 52.8 Å². The maximum atomic E-state index is 13.7. The second-order valence-electron chi connectivity index (χ2n) is 5.34. The first kappa shape index (κ1) is 18.5. The normalized spacial score (nSPS) is 10.6. The lowest BCUT2D eigenvalue weighted by Crippen LogP contribution is -2.13. The Kier molecular flexibility index (Phi) is 5.12. The van der Waals surface area contributed by atoms with Gasteiger partial charge in [-0.3, -0.25) is 14.9 Å². The molecule has 1 aromatic heterocycles. The second kappa shape index (κ2) is 7.50.